The maximum absolute atomic E-state index is 11.2. The molecule has 0 radical (unpaired) electrons. The topological polar surface area (TPSA) is 49.4 Å². The largest absolute Gasteiger partial charge is 0.351 e. The van der Waals surface area contributed by atoms with Crippen LogP contribution in [0, 0.1) is 0 Å². The molecule has 14 heavy (non-hydrogen) atoms. The number of amides is 2. The lowest BCUT2D eigenvalue weighted by Gasteiger charge is -2.13. The van der Waals surface area contributed by atoms with Crippen LogP contribution in [0.15, 0.2) is 12.7 Å². The van der Waals surface area contributed by atoms with Crippen molar-refractivity contribution in [2.75, 3.05) is 18.8 Å². The van der Waals surface area contributed by atoms with Crippen LogP contribution in [0.5, 0.6) is 0 Å². The minimum atomic E-state index is -0.219. The van der Waals surface area contributed by atoms with Gasteiger partial charge in [-0.05, 0) is 0 Å². The molecule has 1 heterocycles. The summed E-state index contributed by atoms with van der Waals surface area (Å²) in [7, 11) is 0. The van der Waals surface area contributed by atoms with Gasteiger partial charge in [0.15, 0.2) is 0 Å². The van der Waals surface area contributed by atoms with Crippen LogP contribution in [0.25, 0.3) is 0 Å². The third-order valence-electron chi connectivity index (χ3n) is 1.59. The van der Waals surface area contributed by atoms with Crippen LogP contribution in [0.4, 0.5) is 0 Å². The van der Waals surface area contributed by atoms with E-state index in [1.165, 1.54) is 16.7 Å². The Hall–Kier alpha value is -0.880. The van der Waals surface area contributed by atoms with Crippen molar-refractivity contribution in [1.82, 2.24) is 10.2 Å². The molecule has 1 N–H and O–H groups in total. The molecule has 1 aliphatic heterocycles. The van der Waals surface area contributed by atoms with Gasteiger partial charge in [-0.2, -0.15) is 0 Å². The Bertz CT molecular complexity index is 275. The number of hydrogen-bond acceptors (Lipinski definition) is 4. The fourth-order valence-electron chi connectivity index (χ4n) is 0.919. The van der Waals surface area contributed by atoms with Crippen LogP contribution in [0.3, 0.4) is 0 Å². The van der Waals surface area contributed by atoms with Gasteiger partial charge in [0.1, 0.15) is 10.9 Å². The van der Waals surface area contributed by atoms with Crippen LogP contribution < -0.4 is 5.32 Å². The lowest BCUT2D eigenvalue weighted by atomic mass is 10.4. The molecule has 1 rings (SSSR count). The first-order valence-corrected chi connectivity index (χ1v) is 5.39. The van der Waals surface area contributed by atoms with Crippen molar-refractivity contribution in [3.05, 3.63) is 12.7 Å². The smallest absolute Gasteiger partial charge is 0.240 e. The van der Waals surface area contributed by atoms with Gasteiger partial charge in [-0.25, -0.2) is 0 Å². The molecule has 0 aromatic heterocycles. The first-order valence-electron chi connectivity index (χ1n) is 4.00. The highest BCUT2D eigenvalue weighted by Gasteiger charge is 2.27. The highest BCUT2D eigenvalue weighted by Crippen LogP contribution is 2.18. The molecule has 0 unspecified atom stereocenters. The normalized spacial score (nSPS) is 15.9. The zero-order valence-corrected chi connectivity index (χ0v) is 9.12. The van der Waals surface area contributed by atoms with E-state index in [4.69, 9.17) is 12.2 Å². The fourth-order valence-corrected chi connectivity index (χ4v) is 1.99. The molecule has 1 aliphatic rings. The molecule has 6 heteroatoms. The fraction of sp³-hybridized carbons (Fsp3) is 0.375. The minimum absolute atomic E-state index is 0.0124. The van der Waals surface area contributed by atoms with Crippen LogP contribution in [-0.4, -0.2) is 39.9 Å². The molecule has 4 nitrogen and oxygen atoms in total. The van der Waals surface area contributed by atoms with Gasteiger partial charge < -0.3 is 5.32 Å². The molecule has 0 aromatic rings. The number of nitrogens with zero attached hydrogens (tertiary/aromatic N) is 1. The maximum atomic E-state index is 11.2. The Balaban J connectivity index is 2.42. The summed E-state index contributed by atoms with van der Waals surface area (Å²) >= 11 is 6.20. The minimum Gasteiger partial charge on any atom is -0.351 e. The molecule has 0 bridgehead atoms. The molecule has 76 valence electrons. The van der Waals surface area contributed by atoms with Gasteiger partial charge >= 0.3 is 0 Å². The highest BCUT2D eigenvalue weighted by molar-refractivity contribution is 8.23. The average molecular weight is 230 g/mol. The third-order valence-corrected chi connectivity index (χ3v) is 3.02. The Morgan fingerprint density at radius 3 is 3.00 bits per heavy atom. The second kappa shape index (κ2) is 5.11. The number of hydrogen-bond donors (Lipinski definition) is 1. The van der Waals surface area contributed by atoms with Gasteiger partial charge in [-0.3, -0.25) is 14.5 Å². The Labute approximate surface area is 91.7 Å². The molecular formula is C8H10N2O2S2. The van der Waals surface area contributed by atoms with E-state index in [-0.39, 0.29) is 18.4 Å². The van der Waals surface area contributed by atoms with Crippen LogP contribution in [0.1, 0.15) is 0 Å². The summed E-state index contributed by atoms with van der Waals surface area (Å²) in [6, 6.07) is 0. The summed E-state index contributed by atoms with van der Waals surface area (Å²) in [6.45, 7) is 3.89. The van der Waals surface area contributed by atoms with E-state index in [0.29, 0.717) is 16.6 Å². The van der Waals surface area contributed by atoms with Gasteiger partial charge in [0.25, 0.3) is 0 Å². The molecule has 0 aliphatic carbocycles. The SMILES string of the molecule is C=CCNC(=O)CN1C(=O)CSC1=S. The Morgan fingerprint density at radius 2 is 2.50 bits per heavy atom. The van der Waals surface area contributed by atoms with Crippen molar-refractivity contribution in [2.24, 2.45) is 0 Å². The Kier molecular flexibility index (Phi) is 4.09. The lowest BCUT2D eigenvalue weighted by Crippen LogP contribution is -2.39. The van der Waals surface area contributed by atoms with Gasteiger partial charge in [0, 0.05) is 6.54 Å². The van der Waals surface area contributed by atoms with Crippen LogP contribution in [0.2, 0.25) is 0 Å². The standard InChI is InChI=1S/C8H10N2O2S2/c1-2-3-9-6(11)4-10-7(12)5-14-8(10)13/h2H,1,3-5H2,(H,9,11). The van der Waals surface area contributed by atoms with E-state index in [0.717, 1.165) is 0 Å². The van der Waals surface area contributed by atoms with E-state index >= 15 is 0 Å². The number of thiocarbonyl (C=S) groups is 1. The van der Waals surface area contributed by atoms with Crippen molar-refractivity contribution in [3.63, 3.8) is 0 Å². The first kappa shape index (κ1) is 11.2. The van der Waals surface area contributed by atoms with Crippen LogP contribution >= 0.6 is 24.0 Å². The highest BCUT2D eigenvalue weighted by atomic mass is 32.2. The number of carbonyl (C=O) groups excluding carboxylic acids is 2. The second-order valence-electron chi connectivity index (χ2n) is 2.63. The third kappa shape index (κ3) is 2.81. The van der Waals surface area contributed by atoms with Crippen molar-refractivity contribution in [1.29, 1.82) is 0 Å². The molecule has 0 atom stereocenters. The predicted octanol–water partition coefficient (Wildman–Crippen LogP) is 0.149. The zero-order chi connectivity index (χ0) is 10.6. The molecule has 1 fully saturated rings. The van der Waals surface area contributed by atoms with E-state index in [1.807, 2.05) is 0 Å². The van der Waals surface area contributed by atoms with Crippen LogP contribution in [-0.2, 0) is 9.59 Å². The van der Waals surface area contributed by atoms with E-state index < -0.39 is 0 Å². The average Bonchev–Trinajstić information content (AvgIpc) is 2.46. The van der Waals surface area contributed by atoms with Crippen molar-refractivity contribution < 1.29 is 9.59 Å². The van der Waals surface area contributed by atoms with Crippen molar-refractivity contribution >= 4 is 40.1 Å². The van der Waals surface area contributed by atoms with E-state index in [2.05, 4.69) is 11.9 Å². The predicted molar refractivity (Wildman–Crippen MR) is 60.0 cm³/mol. The summed E-state index contributed by atoms with van der Waals surface area (Å²) in [5.41, 5.74) is 0. The van der Waals surface area contributed by atoms with Gasteiger partial charge in [0.05, 0.1) is 5.75 Å². The second-order valence-corrected chi connectivity index (χ2v) is 4.24. The van der Waals surface area contributed by atoms with Gasteiger partial charge in [-0.15, -0.1) is 6.58 Å². The molecule has 1 saturated heterocycles. The monoisotopic (exact) mass is 230 g/mol. The summed E-state index contributed by atoms with van der Waals surface area (Å²) in [4.78, 5) is 23.8. The Morgan fingerprint density at radius 1 is 1.79 bits per heavy atom. The number of carbonyl (C=O) groups is 2. The summed E-state index contributed by atoms with van der Waals surface area (Å²) in [5, 5.41) is 2.58. The summed E-state index contributed by atoms with van der Waals surface area (Å²) in [6.07, 6.45) is 1.58. The van der Waals surface area contributed by atoms with Gasteiger partial charge in [0.2, 0.25) is 11.8 Å². The van der Waals surface area contributed by atoms with E-state index in [9.17, 15) is 9.59 Å². The molecule has 0 aromatic carbocycles. The zero-order valence-electron chi connectivity index (χ0n) is 7.49. The molecule has 0 spiro atoms. The maximum Gasteiger partial charge on any atom is 0.240 e. The van der Waals surface area contributed by atoms with Crippen molar-refractivity contribution in [2.45, 2.75) is 0 Å². The quantitative estimate of drug-likeness (QED) is 0.552. The van der Waals surface area contributed by atoms with Crippen molar-refractivity contribution in [3.8, 4) is 0 Å². The molecule has 2 amide bonds. The van der Waals surface area contributed by atoms with Gasteiger partial charge in [-0.1, -0.05) is 30.1 Å². The number of thioether (sulfide) groups is 1. The molecule has 0 saturated carbocycles. The summed E-state index contributed by atoms with van der Waals surface area (Å²) < 4.78 is 0.476. The first-order chi connectivity index (χ1) is 6.65. The number of nitrogens with one attached hydrogen (secondary N) is 1. The lowest BCUT2D eigenvalue weighted by molar-refractivity contribution is -0.129. The number of rotatable bonds is 4. The molecular weight excluding hydrogens is 220 g/mol. The summed E-state index contributed by atoms with van der Waals surface area (Å²) in [5.74, 6) is 0.0185. The van der Waals surface area contributed by atoms with E-state index in [1.54, 1.807) is 6.08 Å².